The summed E-state index contributed by atoms with van der Waals surface area (Å²) in [6, 6.07) is 13.6. The average molecular weight is 405 g/mol. The number of rotatable bonds is 7. The molecule has 152 valence electrons. The highest BCUT2D eigenvalue weighted by molar-refractivity contribution is 5.96. The number of aromatic amines is 1. The van der Waals surface area contributed by atoms with Crippen LogP contribution in [0, 0.1) is 0 Å². The van der Waals surface area contributed by atoms with Gasteiger partial charge in [-0.2, -0.15) is 0 Å². The summed E-state index contributed by atoms with van der Waals surface area (Å²) < 4.78 is 4.99. The summed E-state index contributed by atoms with van der Waals surface area (Å²) in [6.07, 6.45) is 0. The summed E-state index contributed by atoms with van der Waals surface area (Å²) in [4.78, 5) is 38.9. The predicted octanol–water partition coefficient (Wildman–Crippen LogP) is 3.00. The van der Waals surface area contributed by atoms with Gasteiger partial charge in [0.2, 0.25) is 0 Å². The number of fused-ring (bicyclic) bond motifs is 1. The van der Waals surface area contributed by atoms with Crippen LogP contribution in [0.15, 0.2) is 58.1 Å². The number of ether oxygens (including phenoxy) is 1. The summed E-state index contributed by atoms with van der Waals surface area (Å²) in [5.41, 5.74) is 1.64. The average Bonchev–Trinajstić information content (AvgIpc) is 3.16. The van der Waals surface area contributed by atoms with Crippen molar-refractivity contribution in [2.45, 2.75) is 13.5 Å². The van der Waals surface area contributed by atoms with E-state index in [-0.39, 0.29) is 30.3 Å². The van der Waals surface area contributed by atoms with E-state index in [0.717, 1.165) is 16.5 Å². The van der Waals surface area contributed by atoms with E-state index in [9.17, 15) is 19.5 Å². The first-order chi connectivity index (χ1) is 14.5. The lowest BCUT2D eigenvalue weighted by Gasteiger charge is -2.15. The highest BCUT2D eigenvalue weighted by Gasteiger charge is 2.21. The zero-order valence-electron chi connectivity index (χ0n) is 16.1. The van der Waals surface area contributed by atoms with E-state index in [1.54, 1.807) is 55.5 Å². The Labute approximate surface area is 170 Å². The molecule has 0 unspecified atom stereocenters. The van der Waals surface area contributed by atoms with Crippen molar-refractivity contribution < 1.29 is 14.6 Å². The monoisotopic (exact) mass is 405 g/mol. The molecule has 30 heavy (non-hydrogen) atoms. The van der Waals surface area contributed by atoms with Crippen molar-refractivity contribution in [2.75, 3.05) is 17.2 Å². The number of aromatic hydroxyl groups is 1. The van der Waals surface area contributed by atoms with Gasteiger partial charge in [0.15, 0.2) is 0 Å². The number of H-pyrrole nitrogens is 1. The Hall–Kier alpha value is -4.07. The van der Waals surface area contributed by atoms with E-state index < -0.39 is 16.8 Å². The number of benzene rings is 2. The van der Waals surface area contributed by atoms with E-state index in [1.165, 1.54) is 0 Å². The molecule has 8 heteroatoms. The Morgan fingerprint density at radius 1 is 1.07 bits per heavy atom. The van der Waals surface area contributed by atoms with E-state index in [4.69, 9.17) is 4.74 Å². The fraction of sp³-hybridized carbons (Fsp3) is 0.136. The van der Waals surface area contributed by atoms with Crippen LogP contribution in [0.25, 0.3) is 10.9 Å². The molecule has 0 aliphatic heterocycles. The van der Waals surface area contributed by atoms with E-state index >= 15 is 0 Å². The molecular weight excluding hydrogens is 386 g/mol. The first-order valence-corrected chi connectivity index (χ1v) is 9.38. The Bertz CT molecular complexity index is 1310. The third-order valence-corrected chi connectivity index (χ3v) is 4.68. The Morgan fingerprint density at radius 2 is 1.87 bits per heavy atom. The molecule has 0 radical (unpaired) electrons. The molecule has 0 saturated heterocycles. The van der Waals surface area contributed by atoms with Gasteiger partial charge < -0.3 is 25.5 Å². The van der Waals surface area contributed by atoms with E-state index in [0.29, 0.717) is 11.4 Å². The molecule has 0 aliphatic rings. The lowest BCUT2D eigenvalue weighted by atomic mass is 10.1. The van der Waals surface area contributed by atoms with Gasteiger partial charge in [0, 0.05) is 23.1 Å². The normalized spacial score (nSPS) is 11.0. The molecule has 4 rings (SSSR count). The van der Waals surface area contributed by atoms with Crippen LogP contribution in [-0.4, -0.2) is 22.7 Å². The van der Waals surface area contributed by atoms with Crippen LogP contribution < -0.4 is 21.5 Å². The number of nitrogens with one attached hydrogen (secondary N) is 3. The lowest BCUT2D eigenvalue weighted by molar-refractivity contribution is 0.0520. The van der Waals surface area contributed by atoms with Crippen molar-refractivity contribution in [1.29, 1.82) is 0 Å². The molecule has 4 aromatic rings. The molecular formula is C22H19N3O5. The Balaban J connectivity index is 1.53. The molecule has 0 amide bonds. The van der Waals surface area contributed by atoms with Gasteiger partial charge in [-0.25, -0.2) is 4.79 Å². The van der Waals surface area contributed by atoms with Crippen LogP contribution >= 0.6 is 0 Å². The highest BCUT2D eigenvalue weighted by atomic mass is 16.5. The smallest absolute Gasteiger partial charge is 0.354 e. The summed E-state index contributed by atoms with van der Waals surface area (Å²) in [5, 5.41) is 16.2. The van der Waals surface area contributed by atoms with Gasteiger partial charge in [0.05, 0.1) is 6.61 Å². The number of carbonyl (C=O) groups is 1. The highest BCUT2D eigenvalue weighted by Crippen LogP contribution is 2.25. The van der Waals surface area contributed by atoms with Gasteiger partial charge in [0.1, 0.15) is 22.8 Å². The second-order valence-corrected chi connectivity index (χ2v) is 6.76. The van der Waals surface area contributed by atoms with Crippen LogP contribution in [0.3, 0.4) is 0 Å². The zero-order chi connectivity index (χ0) is 21.3. The van der Waals surface area contributed by atoms with Crippen molar-refractivity contribution in [3.8, 4) is 5.75 Å². The molecule has 4 N–H and O–H groups in total. The Kier molecular flexibility index (Phi) is 4.97. The first-order valence-electron chi connectivity index (χ1n) is 9.38. The second-order valence-electron chi connectivity index (χ2n) is 6.76. The van der Waals surface area contributed by atoms with Crippen molar-refractivity contribution in [3.05, 3.63) is 80.2 Å². The summed E-state index contributed by atoms with van der Waals surface area (Å²) >= 11 is 0. The third kappa shape index (κ3) is 3.62. The predicted molar refractivity (Wildman–Crippen MR) is 114 cm³/mol. The van der Waals surface area contributed by atoms with Gasteiger partial charge in [-0.1, -0.05) is 12.1 Å². The van der Waals surface area contributed by atoms with Gasteiger partial charge in [0.25, 0.3) is 10.9 Å². The molecule has 0 aliphatic carbocycles. The molecule has 3 aromatic carbocycles. The molecule has 0 fully saturated rings. The van der Waals surface area contributed by atoms with Crippen LogP contribution in [0.1, 0.15) is 23.0 Å². The number of phenols is 1. The SMILES string of the molecule is CCOC(=O)c1cc2cc(Nc3c(NCc4cccc(O)c4)c(=O)c3=O)ccc2[nH]1. The lowest BCUT2D eigenvalue weighted by Crippen LogP contribution is -2.36. The van der Waals surface area contributed by atoms with Crippen LogP contribution in [0.5, 0.6) is 5.75 Å². The summed E-state index contributed by atoms with van der Waals surface area (Å²) in [5.74, 6) is -0.316. The fourth-order valence-corrected chi connectivity index (χ4v) is 3.21. The Morgan fingerprint density at radius 3 is 2.63 bits per heavy atom. The molecule has 0 atom stereocenters. The summed E-state index contributed by atoms with van der Waals surface area (Å²) in [7, 11) is 0. The van der Waals surface area contributed by atoms with Crippen molar-refractivity contribution >= 4 is 33.9 Å². The van der Waals surface area contributed by atoms with Crippen LogP contribution in [-0.2, 0) is 11.3 Å². The molecule has 1 aromatic heterocycles. The van der Waals surface area contributed by atoms with Gasteiger partial charge >= 0.3 is 5.97 Å². The minimum absolute atomic E-state index is 0.125. The van der Waals surface area contributed by atoms with E-state index in [2.05, 4.69) is 15.6 Å². The van der Waals surface area contributed by atoms with Gasteiger partial charge in [-0.3, -0.25) is 9.59 Å². The number of esters is 1. The van der Waals surface area contributed by atoms with Crippen LogP contribution in [0.4, 0.5) is 17.1 Å². The molecule has 0 saturated carbocycles. The minimum Gasteiger partial charge on any atom is -0.508 e. The van der Waals surface area contributed by atoms with Crippen molar-refractivity contribution in [3.63, 3.8) is 0 Å². The summed E-state index contributed by atoms with van der Waals surface area (Å²) in [6.45, 7) is 2.30. The molecule has 0 spiro atoms. The molecule has 8 nitrogen and oxygen atoms in total. The van der Waals surface area contributed by atoms with Gasteiger partial charge in [-0.15, -0.1) is 0 Å². The second kappa shape index (κ2) is 7.75. The number of hydrogen-bond acceptors (Lipinski definition) is 7. The standard InChI is InChI=1S/C22H19N3O5/c1-2-30-22(29)17-10-13-9-14(6-7-16(13)25-17)24-19-18(20(27)21(19)28)23-11-12-4-3-5-15(26)8-12/h3-10,23-26H,2,11H2,1H3. The van der Waals surface area contributed by atoms with Crippen molar-refractivity contribution in [2.24, 2.45) is 0 Å². The topological polar surface area (TPSA) is 121 Å². The largest absolute Gasteiger partial charge is 0.508 e. The number of hydrogen-bond donors (Lipinski definition) is 4. The fourth-order valence-electron chi connectivity index (χ4n) is 3.21. The number of aromatic nitrogens is 1. The maximum absolute atomic E-state index is 12.1. The van der Waals surface area contributed by atoms with Crippen molar-refractivity contribution in [1.82, 2.24) is 4.98 Å². The van der Waals surface area contributed by atoms with E-state index in [1.807, 2.05) is 0 Å². The number of anilines is 3. The van der Waals surface area contributed by atoms with Crippen LogP contribution in [0.2, 0.25) is 0 Å². The number of phenolic OH excluding ortho intramolecular Hbond substituents is 1. The maximum Gasteiger partial charge on any atom is 0.354 e. The maximum atomic E-state index is 12.1. The van der Waals surface area contributed by atoms with Gasteiger partial charge in [-0.05, 0) is 48.9 Å². The first kappa shape index (κ1) is 19.3. The number of carbonyl (C=O) groups excluding carboxylic acids is 1. The zero-order valence-corrected chi connectivity index (χ0v) is 16.1. The quantitative estimate of drug-likeness (QED) is 0.275. The molecule has 1 heterocycles. The molecule has 0 bridgehead atoms. The third-order valence-electron chi connectivity index (χ3n) is 4.68. The minimum atomic E-state index is -0.602.